The van der Waals surface area contributed by atoms with E-state index in [1.165, 1.54) is 32.1 Å². The number of esters is 2. The van der Waals surface area contributed by atoms with Gasteiger partial charge in [0.15, 0.2) is 12.1 Å². The second-order valence-electron chi connectivity index (χ2n) is 15.3. The average Bonchev–Trinajstić information content (AvgIpc) is 3.14. The van der Waals surface area contributed by atoms with Crippen molar-refractivity contribution >= 4 is 17.9 Å². The lowest BCUT2D eigenvalue weighted by molar-refractivity contribution is -0.887. The molecule has 1 N–H and O–H groups in total. The number of ether oxygens (including phenoxy) is 3. The maximum Gasteiger partial charge on any atom is 0.362 e. The van der Waals surface area contributed by atoms with Crippen molar-refractivity contribution in [2.45, 2.75) is 167 Å². The van der Waals surface area contributed by atoms with Crippen LogP contribution >= 0.6 is 0 Å². The Morgan fingerprint density at radius 3 is 1.49 bits per heavy atom. The van der Waals surface area contributed by atoms with Crippen molar-refractivity contribution in [2.24, 2.45) is 0 Å². The number of hydrogen-bond acceptors (Lipinski definition) is 6. The zero-order chi connectivity index (χ0) is 40.7. The summed E-state index contributed by atoms with van der Waals surface area (Å²) < 4.78 is 17.2. The molecule has 0 radical (unpaired) electrons. The molecule has 0 aromatic carbocycles. The topological polar surface area (TPSA) is 99.1 Å². The van der Waals surface area contributed by atoms with Gasteiger partial charge in [-0.25, -0.2) is 4.79 Å². The van der Waals surface area contributed by atoms with Crippen molar-refractivity contribution in [3.63, 3.8) is 0 Å². The first-order chi connectivity index (χ1) is 26.6. The van der Waals surface area contributed by atoms with Crippen molar-refractivity contribution in [3.8, 4) is 0 Å². The quantitative estimate of drug-likeness (QED) is 0.0291. The first-order valence-corrected chi connectivity index (χ1v) is 21.5. The van der Waals surface area contributed by atoms with Crippen molar-refractivity contribution in [1.29, 1.82) is 0 Å². The molecule has 0 saturated heterocycles. The van der Waals surface area contributed by atoms with Crippen LogP contribution in [0.15, 0.2) is 72.9 Å². The molecular weight excluding hydrogens is 691 g/mol. The zero-order valence-electron chi connectivity index (χ0n) is 35.6. The Morgan fingerprint density at radius 2 is 1.02 bits per heavy atom. The largest absolute Gasteiger partial charge is 0.477 e. The molecule has 0 bridgehead atoms. The number of hydrogen-bond donors (Lipinski definition) is 1. The van der Waals surface area contributed by atoms with Crippen molar-refractivity contribution < 1.29 is 38.2 Å². The van der Waals surface area contributed by atoms with Gasteiger partial charge >= 0.3 is 17.9 Å². The minimum atomic E-state index is -0.885. The Balaban J connectivity index is 4.43. The third kappa shape index (κ3) is 36.2. The van der Waals surface area contributed by atoms with E-state index < -0.39 is 18.1 Å². The Bertz CT molecular complexity index is 1130. The summed E-state index contributed by atoms with van der Waals surface area (Å²) in [4.78, 5) is 36.9. The number of carboxylic acids is 1. The number of carbonyl (C=O) groups is 3. The highest BCUT2D eigenvalue weighted by Gasteiger charge is 2.31. The molecule has 0 aliphatic carbocycles. The number of allylic oxidation sites excluding steroid dienone is 12. The monoisotopic (exact) mass is 771 g/mol. The molecule has 0 saturated carbocycles. The summed E-state index contributed by atoms with van der Waals surface area (Å²) in [5.41, 5.74) is 0. The normalized spacial score (nSPS) is 13.7. The molecule has 2 atom stereocenters. The number of nitrogens with zero attached hydrogens (tertiary/aromatic N) is 1. The van der Waals surface area contributed by atoms with Gasteiger partial charge in [-0.3, -0.25) is 9.59 Å². The molecule has 314 valence electrons. The highest BCUT2D eigenvalue weighted by atomic mass is 16.6. The van der Waals surface area contributed by atoms with Crippen molar-refractivity contribution in [3.05, 3.63) is 72.9 Å². The number of carbonyl (C=O) groups excluding carboxylic acids is 2. The maximum atomic E-state index is 12.7. The standard InChI is InChI=1S/C47H79NO7/c1-6-8-10-12-14-16-18-20-21-22-23-24-26-27-29-31-33-35-37-45(49)54-42-43(41-53-40-39-44(47(51)52)48(3,4)5)55-46(50)38-36-34-32-30-28-25-19-17-15-13-11-9-7-2/h9,11,13,15,17-24,43-44H,6-8,10,12,14,16,25-42H2,1-5H3/p+1/b11-9+,15-13+,19-17+,20-18+,22-21+,24-23+. The van der Waals surface area contributed by atoms with E-state index in [2.05, 4.69) is 74.6 Å². The van der Waals surface area contributed by atoms with Gasteiger partial charge in [0.1, 0.15) is 6.61 Å². The van der Waals surface area contributed by atoms with Crippen LogP contribution in [0.4, 0.5) is 0 Å². The fourth-order valence-electron chi connectivity index (χ4n) is 5.86. The van der Waals surface area contributed by atoms with Crippen LogP contribution in [0.5, 0.6) is 0 Å². The Kier molecular flexibility index (Phi) is 35.5. The fourth-order valence-corrected chi connectivity index (χ4v) is 5.86. The molecule has 2 unspecified atom stereocenters. The SMILES string of the molecule is CC/C=C/C=C/C=C/CCCCCCCC(=O)OC(COCCC(C(=O)O)[N+](C)(C)C)COC(=O)CCCCCCC/C=C/C=C/C=C/CCCCCCC. The van der Waals surface area contributed by atoms with Crippen LogP contribution in [0.3, 0.4) is 0 Å². The van der Waals surface area contributed by atoms with Crippen molar-refractivity contribution in [2.75, 3.05) is 41.0 Å². The van der Waals surface area contributed by atoms with Gasteiger partial charge in [-0.1, -0.05) is 151 Å². The second-order valence-corrected chi connectivity index (χ2v) is 15.3. The van der Waals surface area contributed by atoms with Gasteiger partial charge in [0, 0.05) is 19.3 Å². The van der Waals surface area contributed by atoms with E-state index in [1.807, 2.05) is 33.3 Å². The van der Waals surface area contributed by atoms with Crippen LogP contribution in [0.1, 0.15) is 155 Å². The van der Waals surface area contributed by atoms with Gasteiger partial charge < -0.3 is 23.8 Å². The van der Waals surface area contributed by atoms with E-state index in [-0.39, 0.29) is 36.2 Å². The first kappa shape index (κ1) is 51.8. The Morgan fingerprint density at radius 1 is 0.564 bits per heavy atom. The molecule has 8 heteroatoms. The highest BCUT2D eigenvalue weighted by Crippen LogP contribution is 2.13. The summed E-state index contributed by atoms with van der Waals surface area (Å²) in [6.45, 7) is 4.52. The van der Waals surface area contributed by atoms with Crippen LogP contribution in [0.2, 0.25) is 0 Å². The van der Waals surface area contributed by atoms with Crippen LogP contribution in [-0.4, -0.2) is 80.6 Å². The Hall–Kier alpha value is -3.23. The second kappa shape index (κ2) is 37.7. The summed E-state index contributed by atoms with van der Waals surface area (Å²) in [6, 6.07) is -0.625. The van der Waals surface area contributed by atoms with Crippen LogP contribution in [0, 0.1) is 0 Å². The van der Waals surface area contributed by atoms with E-state index in [0.29, 0.717) is 19.3 Å². The summed E-state index contributed by atoms with van der Waals surface area (Å²) in [5.74, 6) is -1.53. The van der Waals surface area contributed by atoms with Gasteiger partial charge in [0.2, 0.25) is 0 Å². The number of carboxylic acid groups (broad SMARTS) is 1. The number of likely N-dealkylation sites (N-methyl/N-ethyl adjacent to an activating group) is 1. The highest BCUT2D eigenvalue weighted by molar-refractivity contribution is 5.72. The molecule has 0 aliphatic heterocycles. The molecule has 0 spiro atoms. The number of quaternary nitrogens is 1. The molecular formula is C47H80NO7+. The van der Waals surface area contributed by atoms with Crippen molar-refractivity contribution in [1.82, 2.24) is 0 Å². The van der Waals surface area contributed by atoms with E-state index in [1.54, 1.807) is 0 Å². The van der Waals surface area contributed by atoms with Gasteiger partial charge in [-0.15, -0.1) is 0 Å². The minimum absolute atomic E-state index is 0.0419. The smallest absolute Gasteiger partial charge is 0.362 e. The average molecular weight is 771 g/mol. The third-order valence-corrected chi connectivity index (χ3v) is 9.21. The van der Waals surface area contributed by atoms with Crippen LogP contribution in [0.25, 0.3) is 0 Å². The molecule has 0 rings (SSSR count). The van der Waals surface area contributed by atoms with E-state index in [0.717, 1.165) is 89.9 Å². The molecule has 0 heterocycles. The first-order valence-electron chi connectivity index (χ1n) is 21.5. The lowest BCUT2D eigenvalue weighted by atomic mass is 10.1. The van der Waals surface area contributed by atoms with Gasteiger partial charge in [-0.2, -0.15) is 0 Å². The maximum absolute atomic E-state index is 12.7. The number of rotatable bonds is 37. The molecule has 0 aromatic rings. The molecule has 0 fully saturated rings. The summed E-state index contributed by atoms with van der Waals surface area (Å²) in [7, 11) is 5.50. The van der Waals surface area contributed by atoms with Gasteiger partial charge in [0.05, 0.1) is 34.4 Å². The van der Waals surface area contributed by atoms with Gasteiger partial charge in [-0.05, 0) is 57.8 Å². The molecule has 0 aliphatic rings. The van der Waals surface area contributed by atoms with E-state index in [9.17, 15) is 19.5 Å². The minimum Gasteiger partial charge on any atom is -0.477 e. The number of aliphatic carboxylic acids is 1. The molecule has 8 nitrogen and oxygen atoms in total. The Labute approximate surface area is 336 Å². The van der Waals surface area contributed by atoms with Crippen LogP contribution in [-0.2, 0) is 28.6 Å². The molecule has 0 amide bonds. The predicted molar refractivity (Wildman–Crippen MR) is 229 cm³/mol. The number of unbranched alkanes of at least 4 members (excludes halogenated alkanes) is 15. The fraction of sp³-hybridized carbons (Fsp3) is 0.681. The molecule has 0 aromatic heterocycles. The molecule has 55 heavy (non-hydrogen) atoms. The third-order valence-electron chi connectivity index (χ3n) is 9.21. The van der Waals surface area contributed by atoms with E-state index >= 15 is 0 Å². The summed E-state index contributed by atoms with van der Waals surface area (Å²) in [6.07, 6.45) is 46.6. The predicted octanol–water partition coefficient (Wildman–Crippen LogP) is 11.6. The van der Waals surface area contributed by atoms with Crippen LogP contribution < -0.4 is 0 Å². The lowest BCUT2D eigenvalue weighted by Gasteiger charge is -2.31. The lowest BCUT2D eigenvalue weighted by Crippen LogP contribution is -2.50. The van der Waals surface area contributed by atoms with Gasteiger partial charge in [0.25, 0.3) is 0 Å². The summed E-state index contributed by atoms with van der Waals surface area (Å²) in [5, 5.41) is 9.61. The van der Waals surface area contributed by atoms with E-state index in [4.69, 9.17) is 14.2 Å². The summed E-state index contributed by atoms with van der Waals surface area (Å²) >= 11 is 0. The zero-order valence-corrected chi connectivity index (χ0v) is 35.6.